The number of rotatable bonds is 5. The van der Waals surface area contributed by atoms with E-state index < -0.39 is 0 Å². The third-order valence-corrected chi connectivity index (χ3v) is 3.79. The second kappa shape index (κ2) is 5.91. The lowest BCUT2D eigenvalue weighted by molar-refractivity contribution is 0.0855. The third kappa shape index (κ3) is 2.79. The van der Waals surface area contributed by atoms with Crippen LogP contribution in [-0.2, 0) is 17.6 Å². The average molecular weight is 270 g/mol. The Morgan fingerprint density at radius 1 is 1.50 bits per heavy atom. The predicted molar refractivity (Wildman–Crippen MR) is 73.7 cm³/mol. The molecule has 1 aromatic rings. The molecule has 0 aromatic heterocycles. The number of halogens is 1. The third-order valence-electron chi connectivity index (χ3n) is 3.57. The van der Waals surface area contributed by atoms with E-state index in [9.17, 15) is 0 Å². The maximum absolute atomic E-state index is 6.16. The SMILES string of the molecule is CNC(Cc1cc(Cl)cc2c1OCC2)C(C)OC. The van der Waals surface area contributed by atoms with Gasteiger partial charge in [-0.25, -0.2) is 0 Å². The van der Waals surface area contributed by atoms with E-state index in [2.05, 4.69) is 12.2 Å². The maximum atomic E-state index is 6.16. The van der Waals surface area contributed by atoms with Crippen LogP contribution < -0.4 is 10.1 Å². The highest BCUT2D eigenvalue weighted by atomic mass is 35.5. The fraction of sp³-hybridized carbons (Fsp3) is 0.571. The highest BCUT2D eigenvalue weighted by Gasteiger charge is 2.22. The van der Waals surface area contributed by atoms with Gasteiger partial charge in [-0.1, -0.05) is 11.6 Å². The number of nitrogens with one attached hydrogen (secondary N) is 1. The van der Waals surface area contributed by atoms with Crippen molar-refractivity contribution >= 4 is 11.6 Å². The molecule has 0 aliphatic carbocycles. The van der Waals surface area contributed by atoms with Crippen molar-refractivity contribution in [2.45, 2.75) is 31.9 Å². The van der Waals surface area contributed by atoms with Gasteiger partial charge < -0.3 is 14.8 Å². The van der Waals surface area contributed by atoms with Crippen LogP contribution in [0.3, 0.4) is 0 Å². The summed E-state index contributed by atoms with van der Waals surface area (Å²) in [5.41, 5.74) is 2.38. The van der Waals surface area contributed by atoms with Crippen molar-refractivity contribution in [2.75, 3.05) is 20.8 Å². The summed E-state index contributed by atoms with van der Waals surface area (Å²) in [5, 5.41) is 4.07. The molecule has 1 N–H and O–H groups in total. The number of fused-ring (bicyclic) bond motifs is 1. The van der Waals surface area contributed by atoms with Gasteiger partial charge in [0, 0.05) is 24.6 Å². The van der Waals surface area contributed by atoms with Gasteiger partial charge in [-0.15, -0.1) is 0 Å². The first kappa shape index (κ1) is 13.7. The molecular weight excluding hydrogens is 250 g/mol. The van der Waals surface area contributed by atoms with Crippen molar-refractivity contribution in [3.8, 4) is 5.75 Å². The van der Waals surface area contributed by atoms with Crippen LogP contribution in [0.2, 0.25) is 5.02 Å². The largest absolute Gasteiger partial charge is 0.493 e. The van der Waals surface area contributed by atoms with Gasteiger partial charge in [0.05, 0.1) is 12.7 Å². The van der Waals surface area contributed by atoms with Gasteiger partial charge >= 0.3 is 0 Å². The highest BCUT2D eigenvalue weighted by Crippen LogP contribution is 2.33. The van der Waals surface area contributed by atoms with Crippen molar-refractivity contribution in [1.82, 2.24) is 5.32 Å². The van der Waals surface area contributed by atoms with Gasteiger partial charge in [0.25, 0.3) is 0 Å². The van der Waals surface area contributed by atoms with E-state index in [-0.39, 0.29) is 12.1 Å². The Balaban J connectivity index is 2.23. The number of methoxy groups -OCH3 is 1. The summed E-state index contributed by atoms with van der Waals surface area (Å²) in [4.78, 5) is 0. The lowest BCUT2D eigenvalue weighted by Gasteiger charge is -2.23. The van der Waals surface area contributed by atoms with Crippen molar-refractivity contribution in [2.24, 2.45) is 0 Å². The zero-order valence-corrected chi connectivity index (χ0v) is 11.9. The Kier molecular flexibility index (Phi) is 4.49. The summed E-state index contributed by atoms with van der Waals surface area (Å²) in [5.74, 6) is 1.02. The smallest absolute Gasteiger partial charge is 0.125 e. The average Bonchev–Trinajstić information content (AvgIpc) is 2.82. The Morgan fingerprint density at radius 2 is 2.28 bits per heavy atom. The first-order chi connectivity index (χ1) is 8.65. The van der Waals surface area contributed by atoms with Crippen molar-refractivity contribution in [3.05, 3.63) is 28.3 Å². The first-order valence-corrected chi connectivity index (χ1v) is 6.67. The number of benzene rings is 1. The van der Waals surface area contributed by atoms with E-state index >= 15 is 0 Å². The molecule has 100 valence electrons. The first-order valence-electron chi connectivity index (χ1n) is 6.30. The second-order valence-electron chi connectivity index (χ2n) is 4.69. The summed E-state index contributed by atoms with van der Waals surface area (Å²) in [6.45, 7) is 2.82. The molecule has 0 bridgehead atoms. The minimum Gasteiger partial charge on any atom is -0.493 e. The minimum atomic E-state index is 0.144. The number of likely N-dealkylation sites (N-methyl/N-ethyl adjacent to an activating group) is 1. The van der Waals surface area contributed by atoms with Crippen LogP contribution in [0.25, 0.3) is 0 Å². The normalized spacial score (nSPS) is 17.1. The minimum absolute atomic E-state index is 0.144. The topological polar surface area (TPSA) is 30.5 Å². The Hall–Kier alpha value is -0.770. The summed E-state index contributed by atoms with van der Waals surface area (Å²) < 4.78 is 11.1. The molecule has 2 atom stereocenters. The quantitative estimate of drug-likeness (QED) is 0.891. The summed E-state index contributed by atoms with van der Waals surface area (Å²) in [6, 6.07) is 4.25. The van der Waals surface area contributed by atoms with Crippen LogP contribution in [0.5, 0.6) is 5.75 Å². The molecule has 4 heteroatoms. The highest BCUT2D eigenvalue weighted by molar-refractivity contribution is 6.30. The molecule has 3 nitrogen and oxygen atoms in total. The van der Waals surface area contributed by atoms with Crippen LogP contribution in [0.4, 0.5) is 0 Å². The zero-order valence-electron chi connectivity index (χ0n) is 11.1. The molecule has 0 radical (unpaired) electrons. The van der Waals surface area contributed by atoms with Gasteiger partial charge in [-0.3, -0.25) is 0 Å². The molecule has 0 spiro atoms. The van der Waals surface area contributed by atoms with Crippen LogP contribution in [0, 0.1) is 0 Å². The summed E-state index contributed by atoms with van der Waals surface area (Å²) >= 11 is 6.16. The maximum Gasteiger partial charge on any atom is 0.125 e. The van der Waals surface area contributed by atoms with Crippen LogP contribution >= 0.6 is 11.6 Å². The summed E-state index contributed by atoms with van der Waals surface area (Å²) in [7, 11) is 3.68. The molecular formula is C14H20ClNO2. The molecule has 0 fully saturated rings. The summed E-state index contributed by atoms with van der Waals surface area (Å²) in [6.07, 6.45) is 1.95. The number of hydrogen-bond donors (Lipinski definition) is 1. The Morgan fingerprint density at radius 3 is 2.94 bits per heavy atom. The van der Waals surface area contributed by atoms with Gasteiger partial charge in [0.15, 0.2) is 0 Å². The molecule has 2 unspecified atom stereocenters. The van der Waals surface area contributed by atoms with E-state index in [1.165, 1.54) is 11.1 Å². The number of hydrogen-bond acceptors (Lipinski definition) is 3. The van der Waals surface area contributed by atoms with E-state index in [0.29, 0.717) is 0 Å². The van der Waals surface area contributed by atoms with Crippen molar-refractivity contribution < 1.29 is 9.47 Å². The van der Waals surface area contributed by atoms with Gasteiger partial charge in [-0.05, 0) is 43.7 Å². The second-order valence-corrected chi connectivity index (χ2v) is 5.13. The molecule has 1 heterocycles. The monoisotopic (exact) mass is 269 g/mol. The molecule has 0 saturated carbocycles. The van der Waals surface area contributed by atoms with Crippen LogP contribution in [0.1, 0.15) is 18.1 Å². The van der Waals surface area contributed by atoms with Crippen LogP contribution in [-0.4, -0.2) is 32.9 Å². The van der Waals surface area contributed by atoms with E-state index in [1.54, 1.807) is 7.11 Å². The molecule has 18 heavy (non-hydrogen) atoms. The Bertz CT molecular complexity index is 423. The van der Waals surface area contributed by atoms with E-state index in [0.717, 1.165) is 30.2 Å². The van der Waals surface area contributed by atoms with Gasteiger partial charge in [-0.2, -0.15) is 0 Å². The zero-order chi connectivity index (χ0) is 13.1. The molecule has 0 amide bonds. The number of ether oxygens (including phenoxy) is 2. The fourth-order valence-corrected chi connectivity index (χ4v) is 2.66. The van der Waals surface area contributed by atoms with E-state index in [1.807, 2.05) is 19.2 Å². The van der Waals surface area contributed by atoms with Gasteiger partial charge in [0.2, 0.25) is 0 Å². The lowest BCUT2D eigenvalue weighted by atomic mass is 9.99. The predicted octanol–water partition coefficient (Wildman–Crippen LogP) is 2.44. The standard InChI is InChI=1S/C14H20ClNO2/c1-9(17-3)13(16-2)8-11-7-12(15)6-10-4-5-18-14(10)11/h6-7,9,13,16H,4-5,8H2,1-3H3. The van der Waals surface area contributed by atoms with Crippen molar-refractivity contribution in [3.63, 3.8) is 0 Å². The molecule has 0 saturated heterocycles. The Labute approximate surface area is 113 Å². The molecule has 1 aromatic carbocycles. The van der Waals surface area contributed by atoms with Crippen molar-refractivity contribution in [1.29, 1.82) is 0 Å². The van der Waals surface area contributed by atoms with E-state index in [4.69, 9.17) is 21.1 Å². The van der Waals surface area contributed by atoms with Gasteiger partial charge in [0.1, 0.15) is 5.75 Å². The molecule has 1 aliphatic heterocycles. The molecule has 1 aliphatic rings. The lowest BCUT2D eigenvalue weighted by Crippen LogP contribution is -2.38. The van der Waals surface area contributed by atoms with Crippen LogP contribution in [0.15, 0.2) is 12.1 Å². The molecule has 2 rings (SSSR count). The fourth-order valence-electron chi connectivity index (χ4n) is 2.40.